The van der Waals surface area contributed by atoms with Gasteiger partial charge in [-0.25, -0.2) is 17.8 Å². The molecule has 3 aromatic rings. The van der Waals surface area contributed by atoms with E-state index in [0.717, 1.165) is 49.3 Å². The third kappa shape index (κ3) is 3.24. The van der Waals surface area contributed by atoms with Gasteiger partial charge in [-0.05, 0) is 67.7 Å². The minimum atomic E-state index is -3.44. The normalized spacial score (nSPS) is 16.2. The van der Waals surface area contributed by atoms with Crippen molar-refractivity contribution in [2.75, 3.05) is 19.3 Å². The fourth-order valence-corrected chi connectivity index (χ4v) is 4.12. The number of aromatic amines is 1. The third-order valence-electron chi connectivity index (χ3n) is 4.94. The van der Waals surface area contributed by atoms with Crippen molar-refractivity contribution in [3.05, 3.63) is 47.8 Å². The maximum atomic E-state index is 14.4. The van der Waals surface area contributed by atoms with E-state index < -0.39 is 15.7 Å². The molecule has 0 atom stereocenters. The number of rotatable bonds is 3. The van der Waals surface area contributed by atoms with Gasteiger partial charge in [0.25, 0.3) is 0 Å². The highest BCUT2D eigenvalue weighted by Gasteiger charge is 2.18. The maximum Gasteiger partial charge on any atom is 0.175 e. The third-order valence-corrected chi connectivity index (χ3v) is 6.05. The molecule has 1 aromatic heterocycles. The highest BCUT2D eigenvalue weighted by molar-refractivity contribution is 7.90. The molecule has 0 unspecified atom stereocenters. The Labute approximate surface area is 151 Å². The summed E-state index contributed by atoms with van der Waals surface area (Å²) in [5.74, 6) is 0.323. The predicted molar refractivity (Wildman–Crippen MR) is 99.4 cm³/mol. The van der Waals surface area contributed by atoms with Crippen LogP contribution in [0.3, 0.4) is 0 Å². The lowest BCUT2D eigenvalue weighted by Gasteiger charge is -2.22. The Bertz CT molecular complexity index is 1070. The summed E-state index contributed by atoms with van der Waals surface area (Å²) in [6, 6.07) is 10.0. The molecule has 26 heavy (non-hydrogen) atoms. The molecule has 1 saturated heterocycles. The molecule has 0 saturated carbocycles. The van der Waals surface area contributed by atoms with E-state index in [-0.39, 0.29) is 10.5 Å². The molecule has 2 heterocycles. The fourth-order valence-electron chi connectivity index (χ4n) is 3.48. The fraction of sp³-hybridized carbons (Fsp3) is 0.316. The van der Waals surface area contributed by atoms with Crippen molar-refractivity contribution in [3.8, 4) is 11.4 Å². The second-order valence-corrected chi connectivity index (χ2v) is 8.82. The molecule has 0 spiro atoms. The number of nitrogens with zero attached hydrogens (tertiary/aromatic N) is 1. The Morgan fingerprint density at radius 2 is 1.88 bits per heavy atom. The molecular weight excluding hydrogens is 353 g/mol. The van der Waals surface area contributed by atoms with Crippen molar-refractivity contribution in [1.29, 1.82) is 0 Å². The van der Waals surface area contributed by atoms with Gasteiger partial charge in [0.05, 0.1) is 21.5 Å². The molecule has 1 fully saturated rings. The molecule has 0 bridgehead atoms. The number of H-pyrrole nitrogens is 1. The van der Waals surface area contributed by atoms with Crippen LogP contribution in [0, 0.1) is 5.82 Å². The van der Waals surface area contributed by atoms with Gasteiger partial charge in [-0.2, -0.15) is 0 Å². The zero-order valence-corrected chi connectivity index (χ0v) is 15.2. The van der Waals surface area contributed by atoms with E-state index >= 15 is 0 Å². The van der Waals surface area contributed by atoms with Crippen LogP contribution in [-0.4, -0.2) is 37.7 Å². The average molecular weight is 373 g/mol. The number of hydrogen-bond acceptors (Lipinski definition) is 4. The van der Waals surface area contributed by atoms with Crippen LogP contribution in [0.4, 0.5) is 4.39 Å². The number of halogens is 1. The first-order chi connectivity index (χ1) is 12.4. The van der Waals surface area contributed by atoms with Crippen molar-refractivity contribution in [2.24, 2.45) is 0 Å². The summed E-state index contributed by atoms with van der Waals surface area (Å²) in [6.45, 7) is 2.05. The smallest absolute Gasteiger partial charge is 0.175 e. The number of piperidine rings is 1. The first kappa shape index (κ1) is 17.2. The van der Waals surface area contributed by atoms with Gasteiger partial charge in [-0.1, -0.05) is 6.07 Å². The second kappa shape index (κ2) is 6.48. The molecule has 1 aliphatic heterocycles. The molecule has 136 valence electrons. The number of sulfone groups is 1. The second-order valence-electron chi connectivity index (χ2n) is 6.80. The van der Waals surface area contributed by atoms with E-state index in [4.69, 9.17) is 0 Å². The summed E-state index contributed by atoms with van der Waals surface area (Å²) in [6.07, 6.45) is 3.27. The van der Waals surface area contributed by atoms with Crippen LogP contribution in [0.15, 0.2) is 41.3 Å². The summed E-state index contributed by atoms with van der Waals surface area (Å²) >= 11 is 0. The quantitative estimate of drug-likeness (QED) is 0.739. The van der Waals surface area contributed by atoms with Gasteiger partial charge in [0.15, 0.2) is 9.84 Å². The zero-order chi connectivity index (χ0) is 18.3. The van der Waals surface area contributed by atoms with Crippen LogP contribution in [-0.2, 0) is 9.84 Å². The van der Waals surface area contributed by atoms with Crippen LogP contribution in [0.5, 0.6) is 0 Å². The van der Waals surface area contributed by atoms with Gasteiger partial charge in [0.2, 0.25) is 0 Å². The highest BCUT2D eigenvalue weighted by atomic mass is 32.2. The molecular formula is C19H20FN3O2S. The van der Waals surface area contributed by atoms with Crippen LogP contribution in [0.1, 0.15) is 24.3 Å². The number of fused-ring (bicyclic) bond motifs is 1. The van der Waals surface area contributed by atoms with Crippen molar-refractivity contribution in [2.45, 2.75) is 23.7 Å². The van der Waals surface area contributed by atoms with Gasteiger partial charge < -0.3 is 10.3 Å². The van der Waals surface area contributed by atoms with Gasteiger partial charge in [-0.15, -0.1) is 0 Å². The Morgan fingerprint density at radius 1 is 1.12 bits per heavy atom. The first-order valence-corrected chi connectivity index (χ1v) is 10.5. The topological polar surface area (TPSA) is 74.8 Å². The van der Waals surface area contributed by atoms with Gasteiger partial charge >= 0.3 is 0 Å². The Morgan fingerprint density at radius 3 is 2.58 bits per heavy atom. The van der Waals surface area contributed by atoms with E-state index in [9.17, 15) is 12.8 Å². The molecule has 0 amide bonds. The first-order valence-electron chi connectivity index (χ1n) is 8.62. The number of imidazole rings is 1. The van der Waals surface area contributed by atoms with Crippen LogP contribution < -0.4 is 5.32 Å². The minimum Gasteiger partial charge on any atom is -0.338 e. The lowest BCUT2D eigenvalue weighted by molar-refractivity contribution is 0.460. The summed E-state index contributed by atoms with van der Waals surface area (Å²) in [7, 11) is -3.44. The SMILES string of the molecule is CS(=O)(=O)c1ccc(-c2nc3ccc(C4CCNCC4)cc3[nH]2)c(F)c1. The van der Waals surface area contributed by atoms with E-state index in [1.54, 1.807) is 0 Å². The molecule has 0 aliphatic carbocycles. The van der Waals surface area contributed by atoms with Crippen molar-refractivity contribution >= 4 is 20.9 Å². The molecule has 1 aliphatic rings. The van der Waals surface area contributed by atoms with Crippen LogP contribution in [0.2, 0.25) is 0 Å². The standard InChI is InChI=1S/C19H20FN3O2S/c1-26(24,25)14-3-4-15(16(20)11-14)19-22-17-5-2-13(10-18(17)23-19)12-6-8-21-9-7-12/h2-5,10-12,21H,6-9H2,1H3,(H,22,23). The van der Waals surface area contributed by atoms with Gasteiger partial charge in [0.1, 0.15) is 11.6 Å². The Kier molecular flexibility index (Phi) is 4.28. The van der Waals surface area contributed by atoms with Crippen LogP contribution >= 0.6 is 0 Å². The lowest BCUT2D eigenvalue weighted by atomic mass is 9.90. The van der Waals surface area contributed by atoms with E-state index in [1.165, 1.54) is 17.7 Å². The van der Waals surface area contributed by atoms with E-state index in [1.807, 2.05) is 6.07 Å². The van der Waals surface area contributed by atoms with Crippen molar-refractivity contribution in [1.82, 2.24) is 15.3 Å². The van der Waals surface area contributed by atoms with Crippen LogP contribution in [0.25, 0.3) is 22.4 Å². The van der Waals surface area contributed by atoms with Crippen molar-refractivity contribution < 1.29 is 12.8 Å². The van der Waals surface area contributed by atoms with E-state index in [2.05, 4.69) is 27.4 Å². The summed E-state index contributed by atoms with van der Waals surface area (Å²) < 4.78 is 37.6. The van der Waals surface area contributed by atoms with Crippen molar-refractivity contribution in [3.63, 3.8) is 0 Å². The molecule has 4 rings (SSSR count). The monoisotopic (exact) mass is 373 g/mol. The average Bonchev–Trinajstić information content (AvgIpc) is 3.04. The molecule has 5 nitrogen and oxygen atoms in total. The molecule has 7 heteroatoms. The van der Waals surface area contributed by atoms with Gasteiger partial charge in [0, 0.05) is 6.26 Å². The Hall–Kier alpha value is -2.25. The lowest BCUT2D eigenvalue weighted by Crippen LogP contribution is -2.26. The zero-order valence-electron chi connectivity index (χ0n) is 14.4. The predicted octanol–water partition coefficient (Wildman–Crippen LogP) is 3.24. The largest absolute Gasteiger partial charge is 0.338 e. The summed E-state index contributed by atoms with van der Waals surface area (Å²) in [5, 5.41) is 3.36. The molecule has 2 N–H and O–H groups in total. The molecule has 2 aromatic carbocycles. The highest BCUT2D eigenvalue weighted by Crippen LogP contribution is 2.30. The maximum absolute atomic E-state index is 14.4. The minimum absolute atomic E-state index is 0.0388. The van der Waals surface area contributed by atoms with E-state index in [0.29, 0.717) is 11.7 Å². The number of aromatic nitrogens is 2. The number of nitrogens with one attached hydrogen (secondary N) is 2. The molecule has 0 radical (unpaired) electrons. The summed E-state index contributed by atoms with van der Waals surface area (Å²) in [5.41, 5.74) is 3.16. The summed E-state index contributed by atoms with van der Waals surface area (Å²) in [4.78, 5) is 7.60. The number of benzene rings is 2. The van der Waals surface area contributed by atoms with Gasteiger partial charge in [-0.3, -0.25) is 0 Å². The number of hydrogen-bond donors (Lipinski definition) is 2. The Balaban J connectivity index is 1.71.